The SMILES string of the molecule is N#CC1=CC=CCC1c1cccc(-n2c3ccccc3c3cccc(-c4cccc5c4N(c4ccc(C#N)cc4)C4C=CC=CC54)c32)c1. The number of para-hydroxylation sites is 3. The van der Waals surface area contributed by atoms with Crippen molar-refractivity contribution in [3.8, 4) is 29.0 Å². The average molecular weight is 615 g/mol. The van der Waals surface area contributed by atoms with E-state index in [1.165, 1.54) is 27.6 Å². The van der Waals surface area contributed by atoms with E-state index >= 15 is 0 Å². The van der Waals surface area contributed by atoms with Crippen LogP contribution in [0.15, 0.2) is 157 Å². The minimum atomic E-state index is 0.0373. The van der Waals surface area contributed by atoms with Gasteiger partial charge in [0.1, 0.15) is 0 Å². The second kappa shape index (κ2) is 11.2. The molecule has 0 N–H and O–H groups in total. The van der Waals surface area contributed by atoms with Crippen LogP contribution in [0.1, 0.15) is 34.9 Å². The Morgan fingerprint density at radius 2 is 1.46 bits per heavy atom. The summed E-state index contributed by atoms with van der Waals surface area (Å²) < 4.78 is 2.41. The fraction of sp³-hybridized carbons (Fsp3) is 0.0909. The smallest absolute Gasteiger partial charge is 0.0991 e. The Morgan fingerprint density at radius 1 is 0.667 bits per heavy atom. The minimum absolute atomic E-state index is 0.0373. The van der Waals surface area contributed by atoms with Crippen molar-refractivity contribution in [3.05, 3.63) is 174 Å². The lowest BCUT2D eigenvalue weighted by Gasteiger charge is -2.30. The molecule has 4 nitrogen and oxygen atoms in total. The lowest BCUT2D eigenvalue weighted by Crippen LogP contribution is -2.28. The molecular weight excluding hydrogens is 585 g/mol. The third kappa shape index (κ3) is 4.20. The third-order valence-corrected chi connectivity index (χ3v) is 10.1. The summed E-state index contributed by atoms with van der Waals surface area (Å²) in [6.07, 6.45) is 15.8. The molecule has 226 valence electrons. The van der Waals surface area contributed by atoms with Crippen molar-refractivity contribution >= 4 is 33.2 Å². The van der Waals surface area contributed by atoms with Crippen LogP contribution in [0.5, 0.6) is 0 Å². The Labute approximate surface area is 279 Å². The lowest BCUT2D eigenvalue weighted by atomic mass is 9.86. The van der Waals surface area contributed by atoms with Crippen LogP contribution in [0.4, 0.5) is 11.4 Å². The van der Waals surface area contributed by atoms with Crippen molar-refractivity contribution in [2.45, 2.75) is 24.3 Å². The molecule has 3 aliphatic rings. The predicted molar refractivity (Wildman–Crippen MR) is 195 cm³/mol. The van der Waals surface area contributed by atoms with Gasteiger partial charge in [0.2, 0.25) is 0 Å². The topological polar surface area (TPSA) is 55.8 Å². The standard InChI is InChI=1S/C44H30N4/c45-27-29-22-24-32(25-23-29)47-41-20-5-3-14-35(41)37-16-8-18-39(43(37)47)40-19-9-17-38-36-15-4-6-21-42(36)48(44(38)40)33-12-7-11-30(26-33)34-13-2-1-10-31(34)28-46/h1-12,14-26,34-35,41H,13H2. The molecular formula is C44H30N4. The summed E-state index contributed by atoms with van der Waals surface area (Å²) in [5.41, 5.74) is 11.9. The fourth-order valence-electron chi connectivity index (χ4n) is 8.04. The monoisotopic (exact) mass is 614 g/mol. The van der Waals surface area contributed by atoms with Crippen LogP contribution in [0, 0.1) is 22.7 Å². The van der Waals surface area contributed by atoms with E-state index in [-0.39, 0.29) is 17.9 Å². The second-order valence-corrected chi connectivity index (χ2v) is 12.7. The predicted octanol–water partition coefficient (Wildman–Crippen LogP) is 10.5. The molecule has 9 rings (SSSR count). The molecule has 3 unspecified atom stereocenters. The maximum absolute atomic E-state index is 9.92. The van der Waals surface area contributed by atoms with Gasteiger partial charge in [-0.1, -0.05) is 103 Å². The van der Waals surface area contributed by atoms with Gasteiger partial charge in [0.25, 0.3) is 0 Å². The summed E-state index contributed by atoms with van der Waals surface area (Å²) in [4.78, 5) is 2.45. The van der Waals surface area contributed by atoms with Crippen LogP contribution in [0.3, 0.4) is 0 Å². The van der Waals surface area contributed by atoms with Crippen molar-refractivity contribution in [2.75, 3.05) is 4.90 Å². The molecule has 1 aliphatic heterocycles. The number of benzene rings is 5. The molecule has 0 radical (unpaired) electrons. The first-order chi connectivity index (χ1) is 23.7. The molecule has 1 aromatic heterocycles. The number of rotatable bonds is 4. The highest BCUT2D eigenvalue weighted by Gasteiger charge is 2.39. The molecule has 5 aromatic carbocycles. The van der Waals surface area contributed by atoms with Crippen molar-refractivity contribution in [1.82, 2.24) is 4.57 Å². The van der Waals surface area contributed by atoms with Gasteiger partial charge in [-0.2, -0.15) is 10.5 Å². The van der Waals surface area contributed by atoms with Gasteiger partial charge >= 0.3 is 0 Å². The van der Waals surface area contributed by atoms with Gasteiger partial charge < -0.3 is 9.47 Å². The molecule has 6 aromatic rings. The van der Waals surface area contributed by atoms with Crippen LogP contribution in [0.2, 0.25) is 0 Å². The first kappa shape index (κ1) is 27.9. The van der Waals surface area contributed by atoms with Crippen molar-refractivity contribution in [1.29, 1.82) is 10.5 Å². The van der Waals surface area contributed by atoms with E-state index < -0.39 is 0 Å². The van der Waals surface area contributed by atoms with E-state index in [2.05, 4.69) is 149 Å². The van der Waals surface area contributed by atoms with Crippen molar-refractivity contribution in [3.63, 3.8) is 0 Å². The highest BCUT2D eigenvalue weighted by atomic mass is 15.2. The molecule has 0 amide bonds. The fourth-order valence-corrected chi connectivity index (χ4v) is 8.04. The third-order valence-electron chi connectivity index (χ3n) is 10.1. The molecule has 0 saturated heterocycles. The Bertz CT molecular complexity index is 2470. The van der Waals surface area contributed by atoms with Gasteiger partial charge in [-0.3, -0.25) is 0 Å². The van der Waals surface area contributed by atoms with Crippen LogP contribution < -0.4 is 4.90 Å². The molecule has 0 bridgehead atoms. The molecule has 2 heterocycles. The second-order valence-electron chi connectivity index (χ2n) is 12.7. The van der Waals surface area contributed by atoms with Crippen LogP contribution >= 0.6 is 0 Å². The van der Waals surface area contributed by atoms with Gasteiger partial charge in [0.15, 0.2) is 0 Å². The Hall–Kier alpha value is -6.36. The first-order valence-corrected chi connectivity index (χ1v) is 16.4. The molecule has 4 heteroatoms. The van der Waals surface area contributed by atoms with E-state index in [1.807, 2.05) is 24.3 Å². The molecule has 3 atom stereocenters. The van der Waals surface area contributed by atoms with Crippen LogP contribution in [-0.2, 0) is 0 Å². The summed E-state index contributed by atoms with van der Waals surface area (Å²) in [6, 6.07) is 43.6. The quantitative estimate of drug-likeness (QED) is 0.199. The van der Waals surface area contributed by atoms with Gasteiger partial charge in [0.05, 0.1) is 40.5 Å². The summed E-state index contributed by atoms with van der Waals surface area (Å²) in [7, 11) is 0. The Kier molecular flexibility index (Phi) is 6.49. The largest absolute Gasteiger partial charge is 0.333 e. The van der Waals surface area contributed by atoms with E-state index in [0.29, 0.717) is 5.56 Å². The minimum Gasteiger partial charge on any atom is -0.333 e. The number of nitrogens with zero attached hydrogens (tertiary/aromatic N) is 4. The zero-order valence-corrected chi connectivity index (χ0v) is 26.2. The van der Waals surface area contributed by atoms with Gasteiger partial charge in [-0.25, -0.2) is 0 Å². The number of hydrogen-bond acceptors (Lipinski definition) is 3. The Balaban J connectivity index is 1.30. The number of aromatic nitrogens is 1. The molecule has 48 heavy (non-hydrogen) atoms. The number of anilines is 2. The highest BCUT2D eigenvalue weighted by Crippen LogP contribution is 2.53. The zero-order chi connectivity index (χ0) is 32.2. The number of hydrogen-bond donors (Lipinski definition) is 0. The lowest BCUT2D eigenvalue weighted by molar-refractivity contribution is 0.745. The zero-order valence-electron chi connectivity index (χ0n) is 26.2. The number of nitriles is 2. The average Bonchev–Trinajstić information content (AvgIpc) is 3.68. The summed E-state index contributed by atoms with van der Waals surface area (Å²) >= 11 is 0. The van der Waals surface area contributed by atoms with Gasteiger partial charge in [-0.15, -0.1) is 0 Å². The van der Waals surface area contributed by atoms with E-state index in [0.717, 1.165) is 45.5 Å². The summed E-state index contributed by atoms with van der Waals surface area (Å²) in [6.45, 7) is 0. The van der Waals surface area contributed by atoms with E-state index in [4.69, 9.17) is 0 Å². The van der Waals surface area contributed by atoms with Crippen molar-refractivity contribution in [2.24, 2.45) is 0 Å². The molecule has 0 saturated carbocycles. The number of allylic oxidation sites excluding steroid dienone is 6. The van der Waals surface area contributed by atoms with Crippen LogP contribution in [-0.4, -0.2) is 10.6 Å². The summed E-state index contributed by atoms with van der Waals surface area (Å²) in [5, 5.41) is 21.8. The van der Waals surface area contributed by atoms with E-state index in [1.54, 1.807) is 0 Å². The summed E-state index contributed by atoms with van der Waals surface area (Å²) in [5.74, 6) is 0.254. The molecule has 0 fully saturated rings. The maximum Gasteiger partial charge on any atom is 0.0991 e. The van der Waals surface area contributed by atoms with E-state index in [9.17, 15) is 10.5 Å². The Morgan fingerprint density at radius 3 is 2.33 bits per heavy atom. The van der Waals surface area contributed by atoms with Gasteiger partial charge in [0, 0.05) is 50.7 Å². The maximum atomic E-state index is 9.92. The number of fused-ring (bicyclic) bond motifs is 6. The van der Waals surface area contributed by atoms with Crippen molar-refractivity contribution < 1.29 is 0 Å². The van der Waals surface area contributed by atoms with Crippen LogP contribution in [0.25, 0.3) is 38.6 Å². The normalized spacial score (nSPS) is 19.2. The first-order valence-electron chi connectivity index (χ1n) is 16.4. The van der Waals surface area contributed by atoms with Gasteiger partial charge in [-0.05, 0) is 66.1 Å². The molecule has 0 spiro atoms. The molecule has 2 aliphatic carbocycles. The highest BCUT2D eigenvalue weighted by molar-refractivity contribution is 6.15.